The van der Waals surface area contributed by atoms with Gasteiger partial charge in [-0.1, -0.05) is 29.4 Å². The third-order valence-electron chi connectivity index (χ3n) is 4.27. The number of thioether (sulfide) groups is 1. The van der Waals surface area contributed by atoms with E-state index in [1.54, 1.807) is 22.8 Å². The molecule has 1 aliphatic rings. The molecular weight excluding hydrogens is 431 g/mol. The molecule has 2 amide bonds. The van der Waals surface area contributed by atoms with Crippen molar-refractivity contribution in [1.29, 1.82) is 0 Å². The maximum Gasteiger partial charge on any atom is 0.405 e. The van der Waals surface area contributed by atoms with E-state index >= 15 is 0 Å². The van der Waals surface area contributed by atoms with Crippen molar-refractivity contribution in [1.82, 2.24) is 25.0 Å². The summed E-state index contributed by atoms with van der Waals surface area (Å²) >= 11 is 7.12. The van der Waals surface area contributed by atoms with Gasteiger partial charge in [-0.25, -0.2) is 0 Å². The van der Waals surface area contributed by atoms with Gasteiger partial charge < -0.3 is 10.2 Å². The van der Waals surface area contributed by atoms with Gasteiger partial charge in [0.25, 0.3) is 0 Å². The van der Waals surface area contributed by atoms with E-state index in [-0.39, 0.29) is 11.7 Å². The first-order valence-corrected chi connectivity index (χ1v) is 10.0. The van der Waals surface area contributed by atoms with E-state index in [0.717, 1.165) is 17.4 Å². The van der Waals surface area contributed by atoms with E-state index in [1.165, 1.54) is 11.2 Å². The third-order valence-corrected chi connectivity index (χ3v) is 5.43. The number of halogens is 4. The number of alkyl halides is 3. The molecule has 1 unspecified atom stereocenters. The average molecular weight is 448 g/mol. The summed E-state index contributed by atoms with van der Waals surface area (Å²) in [7, 11) is 0. The molecule has 156 valence electrons. The van der Waals surface area contributed by atoms with E-state index in [1.807, 2.05) is 11.4 Å². The van der Waals surface area contributed by atoms with Gasteiger partial charge in [-0.2, -0.15) is 13.2 Å². The van der Waals surface area contributed by atoms with Gasteiger partial charge in [0.2, 0.25) is 11.8 Å². The Bertz CT molecular complexity index is 892. The molecule has 1 N–H and O–H groups in total. The topological polar surface area (TPSA) is 80.1 Å². The Hall–Kier alpha value is -2.27. The van der Waals surface area contributed by atoms with E-state index in [4.69, 9.17) is 11.6 Å². The predicted molar refractivity (Wildman–Crippen MR) is 101 cm³/mol. The molecule has 1 aromatic heterocycles. The van der Waals surface area contributed by atoms with Crippen molar-refractivity contribution in [2.75, 3.05) is 18.8 Å². The number of amides is 2. The highest BCUT2D eigenvalue weighted by molar-refractivity contribution is 7.99. The van der Waals surface area contributed by atoms with E-state index in [2.05, 4.69) is 10.2 Å². The number of hydrogen-bond donors (Lipinski definition) is 1. The number of carbonyl (C=O) groups is 2. The number of nitrogens with one attached hydrogen (secondary N) is 1. The number of hydrogen-bond acceptors (Lipinski definition) is 5. The lowest BCUT2D eigenvalue weighted by atomic mass is 10.2. The summed E-state index contributed by atoms with van der Waals surface area (Å²) < 4.78 is 38.6. The zero-order valence-electron chi connectivity index (χ0n) is 15.0. The minimum atomic E-state index is -4.50. The van der Waals surface area contributed by atoms with Crippen LogP contribution in [-0.4, -0.2) is 62.5 Å². The minimum Gasteiger partial charge on any atom is -0.345 e. The lowest BCUT2D eigenvalue weighted by Crippen LogP contribution is -2.48. The largest absolute Gasteiger partial charge is 0.405 e. The Morgan fingerprint density at radius 1 is 1.34 bits per heavy atom. The zero-order valence-corrected chi connectivity index (χ0v) is 16.6. The molecular formula is C17H17ClF3N5O2S. The summed E-state index contributed by atoms with van der Waals surface area (Å²) in [6.45, 7) is -1.09. The van der Waals surface area contributed by atoms with Crippen LogP contribution in [0.5, 0.6) is 0 Å². The molecule has 0 saturated carbocycles. The SMILES string of the molecule is O=C(NCC(F)(F)F)C1CCCN1C(=O)CSc1nncn1-c1cccc(Cl)c1. The van der Waals surface area contributed by atoms with Crippen LogP contribution in [0.3, 0.4) is 0 Å². The Kier molecular flexibility index (Phi) is 6.68. The minimum absolute atomic E-state index is 0.0255. The van der Waals surface area contributed by atoms with Gasteiger partial charge in [-0.15, -0.1) is 10.2 Å². The molecule has 29 heavy (non-hydrogen) atoms. The molecule has 0 radical (unpaired) electrons. The second-order valence-corrected chi connectivity index (χ2v) is 7.71. The van der Waals surface area contributed by atoms with Gasteiger partial charge >= 0.3 is 6.18 Å². The second-order valence-electron chi connectivity index (χ2n) is 6.33. The van der Waals surface area contributed by atoms with Crippen molar-refractivity contribution in [2.45, 2.75) is 30.2 Å². The number of likely N-dealkylation sites (tertiary alicyclic amines) is 1. The molecule has 2 aromatic rings. The van der Waals surface area contributed by atoms with Gasteiger partial charge in [0.15, 0.2) is 5.16 Å². The lowest BCUT2D eigenvalue weighted by Gasteiger charge is -2.24. The monoisotopic (exact) mass is 447 g/mol. The predicted octanol–water partition coefficient (Wildman–Crippen LogP) is 2.68. The Morgan fingerprint density at radius 3 is 2.86 bits per heavy atom. The molecule has 3 rings (SSSR count). The van der Waals surface area contributed by atoms with Gasteiger partial charge in [-0.05, 0) is 31.0 Å². The number of aromatic nitrogens is 3. The zero-order chi connectivity index (χ0) is 21.0. The number of carbonyl (C=O) groups excluding carboxylic acids is 2. The number of benzene rings is 1. The fraction of sp³-hybridized carbons (Fsp3) is 0.412. The Labute approximate surface area is 173 Å². The maximum atomic E-state index is 12.6. The van der Waals surface area contributed by atoms with Crippen molar-refractivity contribution in [2.24, 2.45) is 0 Å². The van der Waals surface area contributed by atoms with E-state index in [9.17, 15) is 22.8 Å². The van der Waals surface area contributed by atoms with Crippen LogP contribution in [0.15, 0.2) is 35.7 Å². The molecule has 2 heterocycles. The maximum absolute atomic E-state index is 12.6. The van der Waals surface area contributed by atoms with Crippen LogP contribution in [0.1, 0.15) is 12.8 Å². The molecule has 1 atom stereocenters. The summed E-state index contributed by atoms with van der Waals surface area (Å²) in [5, 5.41) is 10.7. The third kappa shape index (κ3) is 5.63. The molecule has 1 saturated heterocycles. The van der Waals surface area contributed by atoms with Crippen LogP contribution in [0.2, 0.25) is 5.02 Å². The van der Waals surface area contributed by atoms with Gasteiger partial charge in [0, 0.05) is 11.6 Å². The number of nitrogens with zero attached hydrogens (tertiary/aromatic N) is 4. The smallest absolute Gasteiger partial charge is 0.345 e. The summed E-state index contributed by atoms with van der Waals surface area (Å²) in [6.07, 6.45) is -2.12. The van der Waals surface area contributed by atoms with Crippen LogP contribution in [0.25, 0.3) is 5.69 Å². The first kappa shape index (κ1) is 21.4. The summed E-state index contributed by atoms with van der Waals surface area (Å²) in [4.78, 5) is 26.0. The molecule has 7 nitrogen and oxygen atoms in total. The molecule has 1 aromatic carbocycles. The molecule has 1 aliphatic heterocycles. The molecule has 0 spiro atoms. The summed E-state index contributed by atoms with van der Waals surface area (Å²) in [5.41, 5.74) is 0.725. The molecule has 12 heteroatoms. The van der Waals surface area contributed by atoms with Crippen LogP contribution in [0.4, 0.5) is 13.2 Å². The van der Waals surface area contributed by atoms with Gasteiger partial charge in [0.1, 0.15) is 18.9 Å². The Balaban J connectivity index is 1.61. The number of rotatable bonds is 6. The summed E-state index contributed by atoms with van der Waals surface area (Å²) in [5.74, 6) is -1.16. The van der Waals surface area contributed by atoms with Crippen LogP contribution >= 0.6 is 23.4 Å². The van der Waals surface area contributed by atoms with Crippen molar-refractivity contribution in [3.05, 3.63) is 35.6 Å². The highest BCUT2D eigenvalue weighted by Gasteiger charge is 2.36. The molecule has 1 fully saturated rings. The second kappa shape index (κ2) is 9.04. The average Bonchev–Trinajstić information content (AvgIpc) is 3.33. The fourth-order valence-corrected chi connectivity index (χ4v) is 3.98. The van der Waals surface area contributed by atoms with E-state index in [0.29, 0.717) is 29.6 Å². The van der Waals surface area contributed by atoms with Gasteiger partial charge in [0.05, 0.1) is 11.4 Å². The van der Waals surface area contributed by atoms with Crippen molar-refractivity contribution in [3.8, 4) is 5.69 Å². The lowest BCUT2D eigenvalue weighted by molar-refractivity contribution is -0.144. The Morgan fingerprint density at radius 2 is 2.14 bits per heavy atom. The van der Waals surface area contributed by atoms with Crippen LogP contribution < -0.4 is 5.32 Å². The van der Waals surface area contributed by atoms with Crippen molar-refractivity contribution < 1.29 is 22.8 Å². The highest BCUT2D eigenvalue weighted by atomic mass is 35.5. The standard InChI is InChI=1S/C17H17ClF3N5O2S/c18-11-3-1-4-12(7-11)26-10-23-24-16(26)29-8-14(27)25-6-2-5-13(25)15(28)22-9-17(19,20)21/h1,3-4,7,10,13H,2,5-6,8-9H2,(H,22,28). The first-order valence-electron chi connectivity index (χ1n) is 8.67. The van der Waals surface area contributed by atoms with Crippen LogP contribution in [-0.2, 0) is 9.59 Å². The van der Waals surface area contributed by atoms with E-state index < -0.39 is 24.7 Å². The normalized spacial score (nSPS) is 16.8. The first-order chi connectivity index (χ1) is 13.7. The highest BCUT2D eigenvalue weighted by Crippen LogP contribution is 2.24. The fourth-order valence-electron chi connectivity index (χ4n) is 2.98. The summed E-state index contributed by atoms with van der Waals surface area (Å²) in [6, 6.07) is 6.13. The van der Waals surface area contributed by atoms with Crippen LogP contribution in [0, 0.1) is 0 Å². The molecule has 0 bridgehead atoms. The quantitative estimate of drug-likeness (QED) is 0.689. The van der Waals surface area contributed by atoms with Crippen molar-refractivity contribution >= 4 is 35.2 Å². The molecule has 0 aliphatic carbocycles. The van der Waals surface area contributed by atoms with Gasteiger partial charge in [-0.3, -0.25) is 14.2 Å². The van der Waals surface area contributed by atoms with Crippen molar-refractivity contribution in [3.63, 3.8) is 0 Å².